The Kier molecular flexibility index (Phi) is 6.26. The summed E-state index contributed by atoms with van der Waals surface area (Å²) in [6.07, 6.45) is 1.69. The summed E-state index contributed by atoms with van der Waals surface area (Å²) in [7, 11) is 0. The third kappa shape index (κ3) is 4.74. The van der Waals surface area contributed by atoms with Crippen LogP contribution in [0.3, 0.4) is 0 Å². The van der Waals surface area contributed by atoms with Crippen molar-refractivity contribution < 1.29 is 9.72 Å². The maximum atomic E-state index is 13.2. The number of anilines is 1. The second kappa shape index (κ2) is 9.43. The molecule has 4 rings (SSSR count). The minimum absolute atomic E-state index is 0.0332. The van der Waals surface area contributed by atoms with E-state index in [4.69, 9.17) is 0 Å². The Bertz CT molecular complexity index is 1060. The first kappa shape index (κ1) is 20.6. The molecular weight excluding hydrogens is 390 g/mol. The largest absolute Gasteiger partial charge is 0.362 e. The van der Waals surface area contributed by atoms with Crippen LogP contribution >= 0.6 is 0 Å². The number of aryl methyl sites for hydroxylation is 2. The molecule has 31 heavy (non-hydrogen) atoms. The van der Waals surface area contributed by atoms with E-state index in [1.807, 2.05) is 58.3 Å². The van der Waals surface area contributed by atoms with Crippen LogP contribution in [-0.2, 0) is 12.8 Å². The molecule has 0 radical (unpaired) electrons. The van der Waals surface area contributed by atoms with Gasteiger partial charge in [0, 0.05) is 37.8 Å². The van der Waals surface area contributed by atoms with E-state index in [-0.39, 0.29) is 16.5 Å². The molecule has 0 saturated carbocycles. The fourth-order valence-corrected chi connectivity index (χ4v) is 4.08. The highest BCUT2D eigenvalue weighted by molar-refractivity contribution is 5.96. The molecule has 1 heterocycles. The number of carbonyl (C=O) groups excluding carboxylic acids is 1. The third-order valence-electron chi connectivity index (χ3n) is 5.76. The molecule has 1 aliphatic rings. The zero-order valence-corrected chi connectivity index (χ0v) is 17.3. The Morgan fingerprint density at radius 2 is 1.45 bits per heavy atom. The predicted octanol–water partition coefficient (Wildman–Crippen LogP) is 4.34. The lowest BCUT2D eigenvalue weighted by Gasteiger charge is -2.36. The lowest BCUT2D eigenvalue weighted by Crippen LogP contribution is -2.49. The number of amides is 1. The molecule has 1 fully saturated rings. The monoisotopic (exact) mass is 415 g/mol. The van der Waals surface area contributed by atoms with Crippen molar-refractivity contribution in [1.82, 2.24) is 4.90 Å². The van der Waals surface area contributed by atoms with Crippen molar-refractivity contribution in [1.29, 1.82) is 0 Å². The lowest BCUT2D eigenvalue weighted by atomic mass is 9.99. The first-order valence-corrected chi connectivity index (χ1v) is 10.5. The van der Waals surface area contributed by atoms with Gasteiger partial charge in [-0.15, -0.1) is 0 Å². The molecule has 6 nitrogen and oxygen atoms in total. The van der Waals surface area contributed by atoms with Gasteiger partial charge in [-0.2, -0.15) is 0 Å². The predicted molar refractivity (Wildman–Crippen MR) is 122 cm³/mol. The minimum Gasteiger partial charge on any atom is -0.362 e. The summed E-state index contributed by atoms with van der Waals surface area (Å²) in [4.78, 5) is 28.1. The Labute approximate surface area is 181 Å². The molecule has 3 aromatic carbocycles. The molecule has 158 valence electrons. The summed E-state index contributed by atoms with van der Waals surface area (Å²) in [5.41, 5.74) is 3.77. The standard InChI is InChI=1S/C25H25N3O3/c29-25(22-11-5-4-10-21(22)15-14-20-8-2-1-3-9-20)27-18-16-26(17-19-27)23-12-6-7-13-24(23)28(30)31/h1-13H,14-19H2. The first-order chi connectivity index (χ1) is 15.1. The number of rotatable bonds is 6. The zero-order valence-electron chi connectivity index (χ0n) is 17.3. The number of benzene rings is 3. The Morgan fingerprint density at radius 1 is 0.806 bits per heavy atom. The molecule has 0 spiro atoms. The molecule has 0 aromatic heterocycles. The van der Waals surface area contributed by atoms with Gasteiger partial charge in [0.1, 0.15) is 5.69 Å². The summed E-state index contributed by atoms with van der Waals surface area (Å²) < 4.78 is 0. The summed E-state index contributed by atoms with van der Waals surface area (Å²) in [5, 5.41) is 11.3. The highest BCUT2D eigenvalue weighted by Gasteiger charge is 2.26. The zero-order chi connectivity index (χ0) is 21.6. The van der Waals surface area contributed by atoms with Gasteiger partial charge >= 0.3 is 0 Å². The van der Waals surface area contributed by atoms with Crippen molar-refractivity contribution in [3.8, 4) is 0 Å². The van der Waals surface area contributed by atoms with Crippen LogP contribution in [0.5, 0.6) is 0 Å². The maximum absolute atomic E-state index is 13.2. The quantitative estimate of drug-likeness (QED) is 0.444. The average molecular weight is 415 g/mol. The summed E-state index contributed by atoms with van der Waals surface area (Å²) >= 11 is 0. The van der Waals surface area contributed by atoms with E-state index in [0.717, 1.165) is 24.0 Å². The van der Waals surface area contributed by atoms with Gasteiger partial charge in [-0.1, -0.05) is 60.7 Å². The van der Waals surface area contributed by atoms with Gasteiger partial charge in [-0.3, -0.25) is 14.9 Å². The van der Waals surface area contributed by atoms with Gasteiger partial charge in [0.25, 0.3) is 11.6 Å². The van der Waals surface area contributed by atoms with Crippen molar-refractivity contribution in [2.24, 2.45) is 0 Å². The van der Waals surface area contributed by atoms with E-state index < -0.39 is 0 Å². The van der Waals surface area contributed by atoms with Crippen LogP contribution in [0.1, 0.15) is 21.5 Å². The van der Waals surface area contributed by atoms with Crippen molar-refractivity contribution in [2.75, 3.05) is 31.1 Å². The number of hydrogen-bond donors (Lipinski definition) is 0. The molecular formula is C25H25N3O3. The maximum Gasteiger partial charge on any atom is 0.292 e. The SMILES string of the molecule is O=C(c1ccccc1CCc1ccccc1)N1CCN(c2ccccc2[N+](=O)[O-])CC1. The Morgan fingerprint density at radius 3 is 2.19 bits per heavy atom. The van der Waals surface area contributed by atoms with Crippen molar-refractivity contribution in [3.05, 3.63) is 106 Å². The van der Waals surface area contributed by atoms with Gasteiger partial charge in [-0.05, 0) is 36.1 Å². The van der Waals surface area contributed by atoms with Crippen LogP contribution in [0.4, 0.5) is 11.4 Å². The second-order valence-electron chi connectivity index (χ2n) is 7.67. The summed E-state index contributed by atoms with van der Waals surface area (Å²) in [5.74, 6) is 0.0332. The second-order valence-corrected chi connectivity index (χ2v) is 7.67. The van der Waals surface area contributed by atoms with Crippen LogP contribution in [-0.4, -0.2) is 41.9 Å². The highest BCUT2D eigenvalue weighted by atomic mass is 16.6. The number of carbonyl (C=O) groups is 1. The lowest BCUT2D eigenvalue weighted by molar-refractivity contribution is -0.384. The van der Waals surface area contributed by atoms with Crippen LogP contribution in [0.15, 0.2) is 78.9 Å². The van der Waals surface area contributed by atoms with E-state index in [1.54, 1.807) is 12.1 Å². The van der Waals surface area contributed by atoms with Crippen molar-refractivity contribution >= 4 is 17.3 Å². The fraction of sp³-hybridized carbons (Fsp3) is 0.240. The van der Waals surface area contributed by atoms with Gasteiger partial charge in [-0.25, -0.2) is 0 Å². The van der Waals surface area contributed by atoms with Gasteiger partial charge in [0.15, 0.2) is 0 Å². The van der Waals surface area contributed by atoms with Crippen molar-refractivity contribution in [2.45, 2.75) is 12.8 Å². The molecule has 1 saturated heterocycles. The number of nitro benzene ring substituents is 1. The molecule has 1 amide bonds. The molecule has 0 N–H and O–H groups in total. The smallest absolute Gasteiger partial charge is 0.292 e. The number of hydrogen-bond acceptors (Lipinski definition) is 4. The van der Waals surface area contributed by atoms with Gasteiger partial charge < -0.3 is 9.80 Å². The highest BCUT2D eigenvalue weighted by Crippen LogP contribution is 2.28. The van der Waals surface area contributed by atoms with E-state index in [1.165, 1.54) is 11.6 Å². The Balaban J connectivity index is 1.43. The van der Waals surface area contributed by atoms with Gasteiger partial charge in [0.2, 0.25) is 0 Å². The number of nitrogens with zero attached hydrogens (tertiary/aromatic N) is 3. The summed E-state index contributed by atoms with van der Waals surface area (Å²) in [6.45, 7) is 2.22. The molecule has 1 aliphatic heterocycles. The molecule has 0 bridgehead atoms. The van der Waals surface area contributed by atoms with Crippen molar-refractivity contribution in [3.63, 3.8) is 0 Å². The summed E-state index contributed by atoms with van der Waals surface area (Å²) in [6, 6.07) is 24.9. The van der Waals surface area contributed by atoms with Crippen LogP contribution < -0.4 is 4.90 Å². The normalized spacial score (nSPS) is 13.8. The van der Waals surface area contributed by atoms with E-state index in [2.05, 4.69) is 12.1 Å². The molecule has 3 aromatic rings. The van der Waals surface area contributed by atoms with E-state index in [0.29, 0.717) is 31.9 Å². The molecule has 0 unspecified atom stereocenters. The molecule has 6 heteroatoms. The van der Waals surface area contributed by atoms with Gasteiger partial charge in [0.05, 0.1) is 4.92 Å². The fourth-order valence-electron chi connectivity index (χ4n) is 4.08. The number of nitro groups is 1. The van der Waals surface area contributed by atoms with Crippen LogP contribution in [0.25, 0.3) is 0 Å². The van der Waals surface area contributed by atoms with Crippen LogP contribution in [0.2, 0.25) is 0 Å². The van der Waals surface area contributed by atoms with E-state index in [9.17, 15) is 14.9 Å². The number of piperazine rings is 1. The van der Waals surface area contributed by atoms with E-state index >= 15 is 0 Å². The molecule has 0 aliphatic carbocycles. The third-order valence-corrected chi connectivity index (χ3v) is 5.76. The van der Waals surface area contributed by atoms with Crippen LogP contribution in [0, 0.1) is 10.1 Å². The first-order valence-electron chi connectivity index (χ1n) is 10.5. The Hall–Kier alpha value is -3.67. The number of para-hydroxylation sites is 2. The minimum atomic E-state index is -0.351. The average Bonchev–Trinajstić information content (AvgIpc) is 2.83. The topological polar surface area (TPSA) is 66.7 Å². The molecule has 0 atom stereocenters.